The highest BCUT2D eigenvalue weighted by atomic mass is 79.9. The molecule has 2 aromatic rings. The fourth-order valence-corrected chi connectivity index (χ4v) is 3.02. The second-order valence-electron chi connectivity index (χ2n) is 3.66. The number of hydrogen-bond acceptors (Lipinski definition) is 3. The molecule has 0 amide bonds. The van der Waals surface area contributed by atoms with E-state index in [2.05, 4.69) is 15.9 Å². The molecule has 0 saturated heterocycles. The summed E-state index contributed by atoms with van der Waals surface area (Å²) in [5.41, 5.74) is 0. The molecule has 0 aliphatic heterocycles. The van der Waals surface area contributed by atoms with Crippen molar-refractivity contribution in [2.75, 3.05) is 6.61 Å². The minimum Gasteiger partial charge on any atom is -0.486 e. The third-order valence-corrected chi connectivity index (χ3v) is 4.09. The van der Waals surface area contributed by atoms with Crippen molar-refractivity contribution in [2.24, 2.45) is 0 Å². The molecule has 1 aromatic carbocycles. The van der Waals surface area contributed by atoms with Gasteiger partial charge in [-0.05, 0) is 52.3 Å². The van der Waals surface area contributed by atoms with Crippen molar-refractivity contribution in [3.8, 4) is 5.75 Å². The first-order chi connectivity index (χ1) is 8.63. The van der Waals surface area contributed by atoms with Gasteiger partial charge < -0.3 is 4.74 Å². The molecule has 2 nitrogen and oxygen atoms in total. The third-order valence-electron chi connectivity index (χ3n) is 2.21. The normalized spacial score (nSPS) is 10.3. The molecule has 1 heterocycles. The lowest BCUT2D eigenvalue weighted by molar-refractivity contribution is -0.120. The van der Waals surface area contributed by atoms with Crippen LogP contribution in [0.2, 0.25) is 5.02 Å². The predicted octanol–water partition coefficient (Wildman–Crippen LogP) is 4.35. The summed E-state index contributed by atoms with van der Waals surface area (Å²) < 4.78 is 6.42. The highest BCUT2D eigenvalue weighted by molar-refractivity contribution is 9.11. The molecule has 2 rings (SSSR count). The molecule has 0 radical (unpaired) electrons. The van der Waals surface area contributed by atoms with Crippen LogP contribution in [-0.2, 0) is 11.2 Å². The Balaban J connectivity index is 1.83. The van der Waals surface area contributed by atoms with E-state index >= 15 is 0 Å². The zero-order valence-electron chi connectivity index (χ0n) is 9.36. The molecule has 0 bridgehead atoms. The summed E-state index contributed by atoms with van der Waals surface area (Å²) in [4.78, 5) is 12.7. The molecule has 0 aliphatic rings. The van der Waals surface area contributed by atoms with Crippen molar-refractivity contribution < 1.29 is 9.53 Å². The summed E-state index contributed by atoms with van der Waals surface area (Å²) in [6.45, 7) is 0.0805. The van der Waals surface area contributed by atoms with Crippen LogP contribution in [0.5, 0.6) is 5.75 Å². The van der Waals surface area contributed by atoms with Crippen molar-refractivity contribution >= 4 is 44.7 Å². The lowest BCUT2D eigenvalue weighted by atomic mass is 10.2. The number of carbonyl (C=O) groups is 1. The van der Waals surface area contributed by atoms with Crippen molar-refractivity contribution in [2.45, 2.75) is 6.42 Å². The Kier molecular flexibility index (Phi) is 4.80. The molecular weight excluding hydrogens is 336 g/mol. The van der Waals surface area contributed by atoms with Crippen LogP contribution >= 0.6 is 38.9 Å². The largest absolute Gasteiger partial charge is 0.486 e. The van der Waals surface area contributed by atoms with Gasteiger partial charge in [0.1, 0.15) is 12.4 Å². The number of benzene rings is 1. The van der Waals surface area contributed by atoms with Gasteiger partial charge >= 0.3 is 0 Å². The molecule has 0 aliphatic carbocycles. The van der Waals surface area contributed by atoms with Gasteiger partial charge in [0, 0.05) is 16.3 Å². The van der Waals surface area contributed by atoms with Gasteiger partial charge in [0.15, 0.2) is 5.78 Å². The van der Waals surface area contributed by atoms with Crippen molar-refractivity contribution in [3.05, 3.63) is 50.1 Å². The lowest BCUT2D eigenvalue weighted by Crippen LogP contribution is -2.13. The number of thiophene rings is 1. The van der Waals surface area contributed by atoms with E-state index in [4.69, 9.17) is 16.3 Å². The Morgan fingerprint density at radius 2 is 1.94 bits per heavy atom. The highest BCUT2D eigenvalue weighted by Gasteiger charge is 2.07. The van der Waals surface area contributed by atoms with Crippen LogP contribution in [0.25, 0.3) is 0 Å². The Morgan fingerprint density at radius 1 is 1.22 bits per heavy atom. The van der Waals surface area contributed by atoms with E-state index in [9.17, 15) is 4.79 Å². The Bertz CT molecular complexity index is 536. The number of ketones is 1. The molecule has 94 valence electrons. The Hall–Kier alpha value is -0.840. The standard InChI is InChI=1S/C13H10BrClO2S/c14-13-6-5-12(18-13)7-10(16)8-17-11-3-1-9(15)2-4-11/h1-6H,7-8H2. The maximum atomic E-state index is 11.7. The van der Waals surface area contributed by atoms with Gasteiger partial charge in [0.05, 0.1) is 3.79 Å². The van der Waals surface area contributed by atoms with Crippen molar-refractivity contribution in [3.63, 3.8) is 0 Å². The monoisotopic (exact) mass is 344 g/mol. The first-order valence-corrected chi connectivity index (χ1v) is 7.26. The van der Waals surface area contributed by atoms with Gasteiger partial charge in [-0.2, -0.15) is 0 Å². The molecule has 0 N–H and O–H groups in total. The van der Waals surface area contributed by atoms with Gasteiger partial charge in [-0.25, -0.2) is 0 Å². The molecular formula is C13H10BrClO2S. The molecule has 1 aromatic heterocycles. The number of rotatable bonds is 5. The van der Waals surface area contributed by atoms with Gasteiger partial charge in [-0.15, -0.1) is 11.3 Å². The lowest BCUT2D eigenvalue weighted by Gasteiger charge is -2.04. The summed E-state index contributed by atoms with van der Waals surface area (Å²) in [5, 5.41) is 0.650. The second-order valence-corrected chi connectivity index (χ2v) is 6.65. The number of carbonyl (C=O) groups excluding carboxylic acids is 1. The van der Waals surface area contributed by atoms with Crippen LogP contribution < -0.4 is 4.74 Å². The number of ether oxygens (including phenoxy) is 1. The van der Waals surface area contributed by atoms with E-state index < -0.39 is 0 Å². The molecule has 18 heavy (non-hydrogen) atoms. The van der Waals surface area contributed by atoms with Crippen molar-refractivity contribution in [1.29, 1.82) is 0 Å². The molecule has 5 heteroatoms. The molecule has 0 spiro atoms. The number of halogens is 2. The fraction of sp³-hybridized carbons (Fsp3) is 0.154. The number of Topliss-reactive ketones (excluding diaryl/α,β-unsaturated/α-hetero) is 1. The summed E-state index contributed by atoms with van der Waals surface area (Å²) in [6, 6.07) is 10.8. The average molecular weight is 346 g/mol. The van der Waals surface area contributed by atoms with Crippen LogP contribution in [0.15, 0.2) is 40.2 Å². The topological polar surface area (TPSA) is 26.3 Å². The zero-order chi connectivity index (χ0) is 13.0. The van der Waals surface area contributed by atoms with Crippen molar-refractivity contribution in [1.82, 2.24) is 0 Å². The van der Waals surface area contributed by atoms with Gasteiger partial charge in [0.2, 0.25) is 0 Å². The van der Waals surface area contributed by atoms with E-state index in [0.717, 1.165) is 8.66 Å². The second kappa shape index (κ2) is 6.36. The van der Waals surface area contributed by atoms with Crippen LogP contribution in [0.4, 0.5) is 0 Å². The first-order valence-electron chi connectivity index (χ1n) is 5.28. The molecule has 0 atom stereocenters. The van der Waals surface area contributed by atoms with Gasteiger partial charge in [-0.1, -0.05) is 11.6 Å². The third kappa shape index (κ3) is 4.12. The van der Waals surface area contributed by atoms with E-state index in [1.807, 2.05) is 12.1 Å². The molecule has 0 unspecified atom stereocenters. The average Bonchev–Trinajstić information content (AvgIpc) is 2.74. The first kappa shape index (κ1) is 13.6. The summed E-state index contributed by atoms with van der Waals surface area (Å²) >= 11 is 10.7. The fourth-order valence-electron chi connectivity index (χ4n) is 1.39. The van der Waals surface area contributed by atoms with Crippen LogP contribution in [0.3, 0.4) is 0 Å². The van der Waals surface area contributed by atoms with E-state index in [-0.39, 0.29) is 12.4 Å². The summed E-state index contributed by atoms with van der Waals surface area (Å²) in [7, 11) is 0. The van der Waals surface area contributed by atoms with Gasteiger partial charge in [0.25, 0.3) is 0 Å². The van der Waals surface area contributed by atoms with Crippen LogP contribution in [0, 0.1) is 0 Å². The Labute approximate surface area is 123 Å². The van der Waals surface area contributed by atoms with Crippen LogP contribution in [-0.4, -0.2) is 12.4 Å². The maximum Gasteiger partial charge on any atom is 0.175 e. The minimum absolute atomic E-state index is 0.0549. The quantitative estimate of drug-likeness (QED) is 0.805. The van der Waals surface area contributed by atoms with E-state index in [0.29, 0.717) is 17.2 Å². The van der Waals surface area contributed by atoms with E-state index in [1.54, 1.807) is 35.6 Å². The molecule has 0 fully saturated rings. The maximum absolute atomic E-state index is 11.7. The summed E-state index contributed by atoms with van der Waals surface area (Å²) in [6.07, 6.45) is 0.407. The van der Waals surface area contributed by atoms with Gasteiger partial charge in [-0.3, -0.25) is 4.79 Å². The SMILES string of the molecule is O=C(COc1ccc(Cl)cc1)Cc1ccc(Br)s1. The minimum atomic E-state index is 0.0549. The van der Waals surface area contributed by atoms with Crippen LogP contribution in [0.1, 0.15) is 4.88 Å². The predicted molar refractivity (Wildman–Crippen MR) is 77.7 cm³/mol. The Morgan fingerprint density at radius 3 is 2.56 bits per heavy atom. The number of hydrogen-bond donors (Lipinski definition) is 0. The smallest absolute Gasteiger partial charge is 0.175 e. The zero-order valence-corrected chi connectivity index (χ0v) is 12.5. The van der Waals surface area contributed by atoms with E-state index in [1.165, 1.54) is 0 Å². The summed E-state index contributed by atoms with van der Waals surface area (Å²) in [5.74, 6) is 0.708. The highest BCUT2D eigenvalue weighted by Crippen LogP contribution is 2.22. The molecule has 0 saturated carbocycles.